The van der Waals surface area contributed by atoms with Crippen LogP contribution in [0, 0.1) is 0 Å². The predicted octanol–water partition coefficient (Wildman–Crippen LogP) is 12.5. The Morgan fingerprint density at radius 3 is 2.02 bits per heavy atom. The molecule has 228 valence electrons. The van der Waals surface area contributed by atoms with Crippen molar-refractivity contribution in [2.45, 2.75) is 19.3 Å². The maximum Gasteiger partial charge on any atom is 0.145 e. The van der Waals surface area contributed by atoms with Crippen LogP contribution in [-0.4, -0.2) is 4.57 Å². The lowest BCUT2D eigenvalue weighted by Crippen LogP contribution is -2.16. The van der Waals surface area contributed by atoms with E-state index in [-0.39, 0.29) is 5.41 Å². The van der Waals surface area contributed by atoms with Crippen LogP contribution in [-0.2, 0) is 5.41 Å². The highest BCUT2D eigenvalue weighted by Gasteiger charge is 2.35. The molecule has 0 saturated heterocycles. The van der Waals surface area contributed by atoms with E-state index in [1.165, 1.54) is 33.2 Å². The van der Waals surface area contributed by atoms with E-state index < -0.39 is 0 Å². The summed E-state index contributed by atoms with van der Waals surface area (Å²) in [4.78, 5) is 2.35. The lowest BCUT2D eigenvalue weighted by molar-refractivity contribution is 0.660. The Labute approximate surface area is 278 Å². The maximum absolute atomic E-state index is 6.89. The summed E-state index contributed by atoms with van der Waals surface area (Å²) >= 11 is 0. The van der Waals surface area contributed by atoms with E-state index in [4.69, 9.17) is 4.42 Å². The fourth-order valence-corrected chi connectivity index (χ4v) is 8.12. The first-order chi connectivity index (χ1) is 23.6. The van der Waals surface area contributed by atoms with Gasteiger partial charge in [-0.25, -0.2) is 0 Å². The van der Waals surface area contributed by atoms with Gasteiger partial charge in [0.2, 0.25) is 0 Å². The molecule has 2 heterocycles. The third-order valence-electron chi connectivity index (χ3n) is 10.4. The van der Waals surface area contributed by atoms with E-state index in [0.717, 1.165) is 55.6 Å². The van der Waals surface area contributed by atoms with Crippen molar-refractivity contribution in [2.75, 3.05) is 4.90 Å². The Kier molecular flexibility index (Phi) is 5.63. The minimum Gasteiger partial charge on any atom is -0.455 e. The molecule has 2 aromatic heterocycles. The predicted molar refractivity (Wildman–Crippen MR) is 200 cm³/mol. The molecule has 3 heteroatoms. The molecule has 48 heavy (non-hydrogen) atoms. The van der Waals surface area contributed by atoms with Gasteiger partial charge >= 0.3 is 0 Å². The molecule has 7 aromatic carbocycles. The van der Waals surface area contributed by atoms with Crippen LogP contribution in [0.4, 0.5) is 17.1 Å². The maximum atomic E-state index is 6.89. The van der Waals surface area contributed by atoms with Gasteiger partial charge < -0.3 is 13.9 Å². The van der Waals surface area contributed by atoms with Crippen molar-refractivity contribution >= 4 is 60.8 Å². The van der Waals surface area contributed by atoms with Crippen LogP contribution in [0.3, 0.4) is 0 Å². The van der Waals surface area contributed by atoms with E-state index >= 15 is 0 Å². The smallest absolute Gasteiger partial charge is 0.145 e. The Hall–Kier alpha value is -6.06. The molecule has 1 aliphatic rings. The highest BCUT2D eigenvalue weighted by atomic mass is 16.3. The summed E-state index contributed by atoms with van der Waals surface area (Å²) in [6.45, 7) is 4.68. The number of nitrogens with zero attached hydrogens (tertiary/aromatic N) is 2. The molecule has 10 rings (SSSR count). The van der Waals surface area contributed by atoms with E-state index in [1.807, 2.05) is 0 Å². The van der Waals surface area contributed by atoms with Gasteiger partial charge in [0.15, 0.2) is 0 Å². The Balaban J connectivity index is 1.18. The monoisotopic (exact) mass is 616 g/mol. The fourth-order valence-electron chi connectivity index (χ4n) is 8.12. The highest BCUT2D eigenvalue weighted by Crippen LogP contribution is 2.51. The summed E-state index contributed by atoms with van der Waals surface area (Å²) in [5.74, 6) is 0. The lowest BCUT2D eigenvalue weighted by Gasteiger charge is -2.28. The van der Waals surface area contributed by atoms with Crippen LogP contribution < -0.4 is 4.90 Å². The van der Waals surface area contributed by atoms with Crippen molar-refractivity contribution in [2.24, 2.45) is 0 Å². The topological polar surface area (TPSA) is 21.3 Å². The summed E-state index contributed by atoms with van der Waals surface area (Å²) in [6, 6.07) is 56.7. The van der Waals surface area contributed by atoms with Gasteiger partial charge in [-0.2, -0.15) is 0 Å². The third kappa shape index (κ3) is 3.76. The zero-order valence-corrected chi connectivity index (χ0v) is 26.8. The molecular formula is C45H32N2O. The van der Waals surface area contributed by atoms with Crippen LogP contribution in [0.25, 0.3) is 60.6 Å². The average Bonchev–Trinajstić information content (AvgIpc) is 3.75. The number of aromatic nitrogens is 1. The van der Waals surface area contributed by atoms with E-state index in [1.54, 1.807) is 0 Å². The molecule has 0 saturated carbocycles. The Bertz CT molecular complexity index is 2700. The number of hydrogen-bond acceptors (Lipinski definition) is 2. The summed E-state index contributed by atoms with van der Waals surface area (Å²) in [7, 11) is 0. The molecule has 0 aliphatic heterocycles. The number of anilines is 3. The second-order valence-corrected chi connectivity index (χ2v) is 13.4. The van der Waals surface area contributed by atoms with Gasteiger partial charge in [0.05, 0.1) is 16.4 Å². The molecular weight excluding hydrogens is 585 g/mol. The third-order valence-corrected chi connectivity index (χ3v) is 10.4. The van der Waals surface area contributed by atoms with Crippen LogP contribution >= 0.6 is 0 Å². The van der Waals surface area contributed by atoms with Gasteiger partial charge in [0.1, 0.15) is 11.2 Å². The minimum atomic E-state index is -0.0860. The fraction of sp³-hybridized carbons (Fsp3) is 0.0667. The van der Waals surface area contributed by atoms with Crippen LogP contribution in [0.5, 0.6) is 0 Å². The van der Waals surface area contributed by atoms with E-state index in [9.17, 15) is 0 Å². The van der Waals surface area contributed by atoms with Crippen molar-refractivity contribution in [1.29, 1.82) is 0 Å². The molecule has 3 nitrogen and oxygen atoms in total. The molecule has 0 fully saturated rings. The lowest BCUT2D eigenvalue weighted by atomic mass is 9.82. The SMILES string of the molecule is CC1(C)c2ccccc2-c2ccc(N(c3ccccc3)c3ccc4c(c3)oc3c4ccc4c3c3ccccc3n4-c3ccccc3)cc21. The second-order valence-electron chi connectivity index (χ2n) is 13.4. The van der Waals surface area contributed by atoms with Crippen molar-refractivity contribution in [3.63, 3.8) is 0 Å². The molecule has 1 aliphatic carbocycles. The Morgan fingerprint density at radius 2 is 1.17 bits per heavy atom. The number of hydrogen-bond donors (Lipinski definition) is 0. The first kappa shape index (κ1) is 27.1. The first-order valence-corrected chi connectivity index (χ1v) is 16.6. The first-order valence-electron chi connectivity index (χ1n) is 16.6. The van der Waals surface area contributed by atoms with Crippen molar-refractivity contribution in [3.05, 3.63) is 169 Å². The molecule has 0 unspecified atom stereocenters. The molecule has 0 N–H and O–H groups in total. The van der Waals surface area contributed by atoms with E-state index in [0.29, 0.717) is 0 Å². The molecule has 0 radical (unpaired) electrons. The second kappa shape index (κ2) is 9.97. The van der Waals surface area contributed by atoms with Gasteiger partial charge in [0, 0.05) is 50.4 Å². The van der Waals surface area contributed by atoms with Crippen LogP contribution in [0.15, 0.2) is 162 Å². The van der Waals surface area contributed by atoms with Crippen molar-refractivity contribution in [1.82, 2.24) is 4.57 Å². The molecule has 9 aromatic rings. The van der Waals surface area contributed by atoms with Crippen LogP contribution in [0.2, 0.25) is 0 Å². The minimum absolute atomic E-state index is 0.0860. The number of benzene rings is 7. The highest BCUT2D eigenvalue weighted by molar-refractivity contribution is 6.24. The van der Waals surface area contributed by atoms with Crippen LogP contribution in [0.1, 0.15) is 25.0 Å². The molecule has 0 bridgehead atoms. The largest absolute Gasteiger partial charge is 0.455 e. The van der Waals surface area contributed by atoms with Gasteiger partial charge in [-0.15, -0.1) is 0 Å². The molecule has 0 atom stereocenters. The zero-order chi connectivity index (χ0) is 32.0. The summed E-state index contributed by atoms with van der Waals surface area (Å²) in [5, 5.41) is 4.58. The van der Waals surface area contributed by atoms with Crippen molar-refractivity contribution in [3.8, 4) is 16.8 Å². The standard InChI is InChI=1S/C45H32N2O/c1-45(2)38-19-11-9-17-33(38)34-23-21-31(27-39(34)45)46(29-13-5-3-6-14-29)32-22-24-35-36-25-26-41-43(44(36)48-42(35)28-32)37-18-10-12-20-40(37)47(41)30-15-7-4-8-16-30/h3-28H,1-2H3. The number of furan rings is 1. The Morgan fingerprint density at radius 1 is 0.500 bits per heavy atom. The summed E-state index contributed by atoms with van der Waals surface area (Å²) in [6.07, 6.45) is 0. The number of para-hydroxylation sites is 3. The van der Waals surface area contributed by atoms with Gasteiger partial charge in [-0.1, -0.05) is 98.8 Å². The van der Waals surface area contributed by atoms with Crippen molar-refractivity contribution < 1.29 is 4.42 Å². The molecule has 0 amide bonds. The summed E-state index contributed by atoms with van der Waals surface area (Å²) in [5.41, 5.74) is 13.8. The zero-order valence-electron chi connectivity index (χ0n) is 26.8. The van der Waals surface area contributed by atoms with Gasteiger partial charge in [0.25, 0.3) is 0 Å². The number of fused-ring (bicyclic) bond motifs is 10. The normalized spacial score (nSPS) is 13.4. The summed E-state index contributed by atoms with van der Waals surface area (Å²) < 4.78 is 9.24. The van der Waals surface area contributed by atoms with E-state index in [2.05, 4.69) is 181 Å². The quantitative estimate of drug-likeness (QED) is 0.196. The van der Waals surface area contributed by atoms with Gasteiger partial charge in [-0.05, 0) is 89.0 Å². The molecule has 0 spiro atoms. The average molecular weight is 617 g/mol. The van der Waals surface area contributed by atoms with Gasteiger partial charge in [-0.3, -0.25) is 0 Å². The number of rotatable bonds is 4.